The highest BCUT2D eigenvalue weighted by atomic mass is 35.5. The molecular weight excluding hydrogens is 661 g/mol. The number of nitrogens with zero attached hydrogens (tertiary/aromatic N) is 1. The van der Waals surface area contributed by atoms with Crippen molar-refractivity contribution in [3.8, 4) is 11.3 Å². The zero-order valence-electron chi connectivity index (χ0n) is 23.7. The fraction of sp³-hybridized carbons (Fsp3) is 0.0286. The number of halogens is 2. The van der Waals surface area contributed by atoms with Gasteiger partial charge in [0.15, 0.2) is 5.13 Å². The van der Waals surface area contributed by atoms with E-state index in [2.05, 4.69) is 15.6 Å². The van der Waals surface area contributed by atoms with Crippen molar-refractivity contribution >= 4 is 85.7 Å². The number of rotatable bonds is 9. The molecule has 0 aliphatic carbocycles. The molecule has 3 N–H and O–H groups in total. The summed E-state index contributed by atoms with van der Waals surface area (Å²) in [4.78, 5) is 44.3. The molecular formula is C35H23Cl2N3O4S2. The number of benzene rings is 5. The second kappa shape index (κ2) is 13.8. The van der Waals surface area contributed by atoms with Crippen LogP contribution in [0.2, 0.25) is 10.0 Å². The summed E-state index contributed by atoms with van der Waals surface area (Å²) >= 11 is 14.9. The number of anilines is 2. The van der Waals surface area contributed by atoms with Crippen molar-refractivity contribution in [3.63, 3.8) is 0 Å². The predicted molar refractivity (Wildman–Crippen MR) is 187 cm³/mol. The third-order valence-electron chi connectivity index (χ3n) is 7.02. The molecule has 6 aromatic rings. The number of thiazole rings is 1. The normalized spacial score (nSPS) is 11.6. The van der Waals surface area contributed by atoms with E-state index in [-0.39, 0.29) is 17.0 Å². The average molecular weight is 685 g/mol. The number of carbonyl (C=O) groups excluding carboxylic acids is 2. The van der Waals surface area contributed by atoms with Gasteiger partial charge in [-0.3, -0.25) is 9.59 Å². The molecule has 7 nitrogen and oxygen atoms in total. The Labute approximate surface area is 282 Å². The summed E-state index contributed by atoms with van der Waals surface area (Å²) < 4.78 is 0. The Morgan fingerprint density at radius 3 is 2.26 bits per heavy atom. The second-order valence-electron chi connectivity index (χ2n) is 10.1. The fourth-order valence-corrected chi connectivity index (χ4v) is 6.99. The molecule has 11 heteroatoms. The molecule has 0 radical (unpaired) electrons. The van der Waals surface area contributed by atoms with E-state index in [0.29, 0.717) is 37.3 Å². The molecule has 0 bridgehead atoms. The van der Waals surface area contributed by atoms with E-state index in [0.717, 1.165) is 16.0 Å². The monoisotopic (exact) mass is 683 g/mol. The standard InChI is InChI=1S/C35H23Cl2N3O4S2/c36-27-16-15-22(17-28(27)37)29-19-45-35(39-29)40-33(42)31(21-7-2-1-3-8-21)46-24-12-6-11-23(18-24)38-32(41)25-13-4-9-20-10-5-14-26(30(20)25)34(43)44/h1-19,31H,(H,38,41)(H,43,44)(H,39,40,42). The third kappa shape index (κ3) is 6.93. The highest BCUT2D eigenvalue weighted by Gasteiger charge is 2.24. The summed E-state index contributed by atoms with van der Waals surface area (Å²) in [6.45, 7) is 0. The molecule has 6 rings (SSSR count). The SMILES string of the molecule is O=C(O)c1cccc2cccc(C(=O)Nc3cccc(SC(C(=O)Nc4nc(-c5ccc(Cl)c(Cl)c5)cs4)c4ccccc4)c3)c12. The van der Waals surface area contributed by atoms with E-state index >= 15 is 0 Å². The first kappa shape index (κ1) is 31.3. The molecule has 1 unspecified atom stereocenters. The number of thioether (sulfide) groups is 1. The van der Waals surface area contributed by atoms with E-state index < -0.39 is 17.1 Å². The van der Waals surface area contributed by atoms with Gasteiger partial charge in [0, 0.05) is 32.5 Å². The van der Waals surface area contributed by atoms with Crippen LogP contribution in [-0.2, 0) is 4.79 Å². The lowest BCUT2D eigenvalue weighted by Crippen LogP contribution is -2.19. The van der Waals surface area contributed by atoms with Crippen molar-refractivity contribution in [1.29, 1.82) is 0 Å². The Morgan fingerprint density at radius 2 is 1.52 bits per heavy atom. The zero-order valence-corrected chi connectivity index (χ0v) is 26.9. The van der Waals surface area contributed by atoms with Crippen LogP contribution in [0.3, 0.4) is 0 Å². The van der Waals surface area contributed by atoms with Gasteiger partial charge in [-0.1, -0.05) is 89.9 Å². The quantitative estimate of drug-likeness (QED) is 0.131. The number of hydrogen-bond acceptors (Lipinski definition) is 6. The first-order valence-corrected chi connectivity index (χ1v) is 16.4. The second-order valence-corrected chi connectivity index (χ2v) is 12.9. The van der Waals surface area contributed by atoms with Crippen molar-refractivity contribution in [2.75, 3.05) is 10.6 Å². The minimum absolute atomic E-state index is 0.0496. The van der Waals surface area contributed by atoms with E-state index in [1.54, 1.807) is 60.7 Å². The minimum Gasteiger partial charge on any atom is -0.478 e. The summed E-state index contributed by atoms with van der Waals surface area (Å²) in [7, 11) is 0. The van der Waals surface area contributed by atoms with Crippen LogP contribution < -0.4 is 10.6 Å². The minimum atomic E-state index is -1.11. The van der Waals surface area contributed by atoms with E-state index in [1.165, 1.54) is 29.2 Å². The first-order valence-electron chi connectivity index (χ1n) is 13.9. The van der Waals surface area contributed by atoms with Gasteiger partial charge >= 0.3 is 5.97 Å². The van der Waals surface area contributed by atoms with Gasteiger partial charge < -0.3 is 15.7 Å². The Kier molecular flexibility index (Phi) is 9.37. The molecule has 46 heavy (non-hydrogen) atoms. The van der Waals surface area contributed by atoms with Crippen LogP contribution >= 0.6 is 46.3 Å². The molecule has 2 amide bonds. The van der Waals surface area contributed by atoms with Gasteiger partial charge in [-0.2, -0.15) is 0 Å². The zero-order chi connectivity index (χ0) is 32.2. The topological polar surface area (TPSA) is 108 Å². The molecule has 1 aromatic heterocycles. The predicted octanol–water partition coefficient (Wildman–Crippen LogP) is 9.69. The van der Waals surface area contributed by atoms with Gasteiger partial charge in [0.1, 0.15) is 5.25 Å². The van der Waals surface area contributed by atoms with Crippen LogP contribution in [0.5, 0.6) is 0 Å². The van der Waals surface area contributed by atoms with Crippen LogP contribution in [0.4, 0.5) is 10.8 Å². The van der Waals surface area contributed by atoms with E-state index in [4.69, 9.17) is 23.2 Å². The lowest BCUT2D eigenvalue weighted by atomic mass is 9.98. The van der Waals surface area contributed by atoms with Gasteiger partial charge in [-0.15, -0.1) is 23.1 Å². The maximum absolute atomic E-state index is 13.7. The number of carboxylic acid groups (broad SMARTS) is 1. The summed E-state index contributed by atoms with van der Waals surface area (Å²) in [6, 6.07) is 31.8. The van der Waals surface area contributed by atoms with E-state index in [1.807, 2.05) is 47.8 Å². The molecule has 0 saturated carbocycles. The van der Waals surface area contributed by atoms with Gasteiger partial charge in [0.05, 0.1) is 21.3 Å². The number of amides is 2. The lowest BCUT2D eigenvalue weighted by Gasteiger charge is -2.17. The highest BCUT2D eigenvalue weighted by Crippen LogP contribution is 2.38. The molecule has 0 spiro atoms. The fourth-order valence-electron chi connectivity index (χ4n) is 4.88. The van der Waals surface area contributed by atoms with Gasteiger partial charge in [0.2, 0.25) is 5.91 Å². The van der Waals surface area contributed by atoms with Crippen LogP contribution in [0.25, 0.3) is 22.0 Å². The van der Waals surface area contributed by atoms with Crippen LogP contribution in [-0.4, -0.2) is 27.9 Å². The first-order chi connectivity index (χ1) is 22.3. The van der Waals surface area contributed by atoms with Crippen LogP contribution in [0, 0.1) is 0 Å². The molecule has 0 aliphatic rings. The molecule has 228 valence electrons. The lowest BCUT2D eigenvalue weighted by molar-refractivity contribution is -0.115. The number of aromatic carboxylic acids is 1. The number of carbonyl (C=O) groups is 3. The Balaban J connectivity index is 1.23. The molecule has 1 heterocycles. The Hall–Kier alpha value is -4.67. The Morgan fingerprint density at radius 1 is 0.783 bits per heavy atom. The number of nitrogens with one attached hydrogen (secondary N) is 2. The maximum atomic E-state index is 13.7. The van der Waals surface area contributed by atoms with Gasteiger partial charge in [0.25, 0.3) is 5.91 Å². The summed E-state index contributed by atoms with van der Waals surface area (Å²) in [5, 5.41) is 19.1. The largest absolute Gasteiger partial charge is 0.478 e. The van der Waals surface area contributed by atoms with Crippen molar-refractivity contribution < 1.29 is 19.5 Å². The summed E-state index contributed by atoms with van der Waals surface area (Å²) in [5.74, 6) is -1.82. The molecule has 1 atom stereocenters. The maximum Gasteiger partial charge on any atom is 0.336 e. The van der Waals surface area contributed by atoms with Gasteiger partial charge in [-0.05, 0) is 53.4 Å². The van der Waals surface area contributed by atoms with Crippen molar-refractivity contribution in [1.82, 2.24) is 4.98 Å². The third-order valence-corrected chi connectivity index (χ3v) is 9.76. The van der Waals surface area contributed by atoms with Crippen molar-refractivity contribution in [3.05, 3.63) is 141 Å². The van der Waals surface area contributed by atoms with Crippen molar-refractivity contribution in [2.24, 2.45) is 0 Å². The van der Waals surface area contributed by atoms with Crippen molar-refractivity contribution in [2.45, 2.75) is 10.1 Å². The molecule has 0 fully saturated rings. The smallest absolute Gasteiger partial charge is 0.336 e. The van der Waals surface area contributed by atoms with Crippen LogP contribution in [0.15, 0.2) is 119 Å². The van der Waals surface area contributed by atoms with E-state index in [9.17, 15) is 19.5 Å². The average Bonchev–Trinajstić information content (AvgIpc) is 3.53. The number of fused-ring (bicyclic) bond motifs is 1. The molecule has 5 aromatic carbocycles. The Bertz CT molecular complexity index is 2100. The molecule has 0 aliphatic heterocycles. The van der Waals surface area contributed by atoms with Crippen LogP contribution in [0.1, 0.15) is 31.5 Å². The number of hydrogen-bond donors (Lipinski definition) is 3. The summed E-state index contributed by atoms with van der Waals surface area (Å²) in [5.41, 5.74) is 3.03. The number of aromatic nitrogens is 1. The summed E-state index contributed by atoms with van der Waals surface area (Å²) in [6.07, 6.45) is 0. The number of carboxylic acids is 1. The molecule has 0 saturated heterocycles. The highest BCUT2D eigenvalue weighted by molar-refractivity contribution is 8.00. The van der Waals surface area contributed by atoms with Gasteiger partial charge in [-0.25, -0.2) is 9.78 Å².